The van der Waals surface area contributed by atoms with E-state index in [9.17, 15) is 4.79 Å². The Morgan fingerprint density at radius 1 is 0.958 bits per heavy atom. The highest BCUT2D eigenvalue weighted by molar-refractivity contribution is 5.33. The van der Waals surface area contributed by atoms with Crippen molar-refractivity contribution >= 4 is 0 Å². The van der Waals surface area contributed by atoms with Gasteiger partial charge in [-0.15, -0.1) is 0 Å². The minimum atomic E-state index is 0.0308. The van der Waals surface area contributed by atoms with E-state index in [4.69, 9.17) is 0 Å². The fourth-order valence-electron chi connectivity index (χ4n) is 4.28. The summed E-state index contributed by atoms with van der Waals surface area (Å²) in [6.07, 6.45) is 6.62. The third-order valence-electron chi connectivity index (χ3n) is 5.52. The second kappa shape index (κ2) is 6.52. The average molecular weight is 323 g/mol. The van der Waals surface area contributed by atoms with Crippen molar-refractivity contribution in [3.63, 3.8) is 0 Å². The van der Waals surface area contributed by atoms with Crippen LogP contribution in [0.3, 0.4) is 0 Å². The highest BCUT2D eigenvalue weighted by Gasteiger charge is 2.27. The second-order valence-electron chi connectivity index (χ2n) is 7.30. The molecular weight excluding hydrogens is 298 g/mol. The highest BCUT2D eigenvalue weighted by Crippen LogP contribution is 2.29. The molecule has 0 saturated heterocycles. The van der Waals surface area contributed by atoms with Gasteiger partial charge in [-0.2, -0.15) is 5.10 Å². The van der Waals surface area contributed by atoms with Crippen LogP contribution in [-0.2, 0) is 12.8 Å². The number of rotatable bonds is 3. The molecule has 1 fully saturated rings. The molecule has 4 rings (SSSR count). The van der Waals surface area contributed by atoms with Gasteiger partial charge in [-0.3, -0.25) is 4.79 Å². The van der Waals surface area contributed by atoms with E-state index in [0.717, 1.165) is 44.2 Å². The number of hydrogen-bond donors (Lipinski definition) is 1. The molecule has 0 unspecified atom stereocenters. The van der Waals surface area contributed by atoms with Gasteiger partial charge in [0.25, 0.3) is 5.56 Å². The predicted octanol–water partition coefficient (Wildman–Crippen LogP) is 2.79. The van der Waals surface area contributed by atoms with Crippen molar-refractivity contribution < 1.29 is 0 Å². The highest BCUT2D eigenvalue weighted by atomic mass is 16.1. The summed E-state index contributed by atoms with van der Waals surface area (Å²) < 4.78 is 1.71. The van der Waals surface area contributed by atoms with Crippen molar-refractivity contribution in [2.45, 2.75) is 63.6 Å². The summed E-state index contributed by atoms with van der Waals surface area (Å²) in [5, 5.41) is 8.29. The van der Waals surface area contributed by atoms with Crippen LogP contribution < -0.4 is 10.9 Å². The Morgan fingerprint density at radius 3 is 2.29 bits per heavy atom. The van der Waals surface area contributed by atoms with E-state index in [1.165, 1.54) is 11.1 Å². The molecule has 4 nitrogen and oxygen atoms in total. The molecule has 0 atom stereocenters. The molecular formula is C20H25N3O. The monoisotopic (exact) mass is 323 g/mol. The SMILES string of the molecule is Cc1ccc(=O)n(C2CCC(NC3Cc4ccccc4C3)CC2)n1. The summed E-state index contributed by atoms with van der Waals surface area (Å²) in [5.41, 5.74) is 3.94. The zero-order valence-corrected chi connectivity index (χ0v) is 14.2. The molecule has 1 aromatic carbocycles. The second-order valence-corrected chi connectivity index (χ2v) is 7.30. The Hall–Kier alpha value is -1.94. The minimum Gasteiger partial charge on any atom is -0.311 e. The van der Waals surface area contributed by atoms with E-state index in [-0.39, 0.29) is 11.6 Å². The summed E-state index contributed by atoms with van der Waals surface area (Å²) in [4.78, 5) is 12.0. The Labute approximate surface area is 142 Å². The van der Waals surface area contributed by atoms with Crippen LogP contribution in [0.1, 0.15) is 48.5 Å². The van der Waals surface area contributed by atoms with Crippen molar-refractivity contribution in [1.29, 1.82) is 0 Å². The van der Waals surface area contributed by atoms with Crippen LogP contribution in [0.4, 0.5) is 0 Å². The number of fused-ring (bicyclic) bond motifs is 1. The van der Waals surface area contributed by atoms with Crippen LogP contribution >= 0.6 is 0 Å². The maximum Gasteiger partial charge on any atom is 0.267 e. The summed E-state index contributed by atoms with van der Waals surface area (Å²) >= 11 is 0. The predicted molar refractivity (Wildman–Crippen MR) is 95.3 cm³/mol. The summed E-state index contributed by atoms with van der Waals surface area (Å²) in [5.74, 6) is 0. The number of nitrogens with zero attached hydrogens (tertiary/aromatic N) is 2. The van der Waals surface area contributed by atoms with Gasteiger partial charge in [0.2, 0.25) is 0 Å². The van der Waals surface area contributed by atoms with Crippen molar-refractivity contribution in [1.82, 2.24) is 15.1 Å². The van der Waals surface area contributed by atoms with Crippen molar-refractivity contribution in [3.8, 4) is 0 Å². The van der Waals surface area contributed by atoms with E-state index in [1.54, 1.807) is 16.8 Å². The summed E-state index contributed by atoms with van der Waals surface area (Å²) in [6, 6.07) is 13.6. The van der Waals surface area contributed by atoms with E-state index in [0.29, 0.717) is 12.1 Å². The van der Waals surface area contributed by atoms with Gasteiger partial charge in [0.05, 0.1) is 11.7 Å². The van der Waals surface area contributed by atoms with Gasteiger partial charge in [-0.1, -0.05) is 24.3 Å². The molecule has 0 spiro atoms. The topological polar surface area (TPSA) is 46.9 Å². The molecule has 0 aliphatic heterocycles. The van der Waals surface area contributed by atoms with Crippen LogP contribution in [0.15, 0.2) is 41.2 Å². The van der Waals surface area contributed by atoms with Gasteiger partial charge in [-0.25, -0.2) is 4.68 Å². The number of hydrogen-bond acceptors (Lipinski definition) is 3. The smallest absolute Gasteiger partial charge is 0.267 e. The van der Waals surface area contributed by atoms with Crippen LogP contribution in [-0.4, -0.2) is 21.9 Å². The van der Waals surface area contributed by atoms with Crippen LogP contribution in [0.5, 0.6) is 0 Å². The maximum absolute atomic E-state index is 12.0. The largest absolute Gasteiger partial charge is 0.311 e. The standard InChI is InChI=1S/C20H25N3O/c1-14-6-11-20(24)23(22-14)19-9-7-17(8-10-19)21-18-12-15-4-2-3-5-16(15)13-18/h2-6,11,17-19,21H,7-10,12-13H2,1H3. The van der Waals surface area contributed by atoms with Gasteiger partial charge >= 0.3 is 0 Å². The fourth-order valence-corrected chi connectivity index (χ4v) is 4.28. The molecule has 1 saturated carbocycles. The molecule has 126 valence electrons. The van der Waals surface area contributed by atoms with E-state index >= 15 is 0 Å². The first-order chi connectivity index (χ1) is 11.7. The normalized spacial score (nSPS) is 24.0. The first-order valence-electron chi connectivity index (χ1n) is 9.08. The molecule has 1 heterocycles. The lowest BCUT2D eigenvalue weighted by Crippen LogP contribution is -2.42. The van der Waals surface area contributed by atoms with E-state index in [2.05, 4.69) is 34.7 Å². The molecule has 0 amide bonds. The van der Waals surface area contributed by atoms with Gasteiger partial charge in [0, 0.05) is 18.2 Å². The van der Waals surface area contributed by atoms with Crippen LogP contribution in [0, 0.1) is 6.92 Å². The lowest BCUT2D eigenvalue weighted by Gasteiger charge is -2.31. The molecule has 4 heteroatoms. The molecule has 2 aliphatic carbocycles. The molecule has 0 bridgehead atoms. The number of benzene rings is 1. The maximum atomic E-state index is 12.0. The number of nitrogens with one attached hydrogen (secondary N) is 1. The lowest BCUT2D eigenvalue weighted by atomic mass is 9.90. The zero-order chi connectivity index (χ0) is 16.5. The summed E-state index contributed by atoms with van der Waals surface area (Å²) in [6.45, 7) is 1.95. The Bertz CT molecular complexity index is 749. The van der Waals surface area contributed by atoms with Gasteiger partial charge < -0.3 is 5.32 Å². The first kappa shape index (κ1) is 15.6. The van der Waals surface area contributed by atoms with Crippen LogP contribution in [0.2, 0.25) is 0 Å². The lowest BCUT2D eigenvalue weighted by molar-refractivity contribution is 0.256. The molecule has 0 radical (unpaired) electrons. The van der Waals surface area contributed by atoms with Crippen molar-refractivity contribution in [2.24, 2.45) is 0 Å². The molecule has 1 N–H and O–H groups in total. The molecule has 24 heavy (non-hydrogen) atoms. The minimum absolute atomic E-state index is 0.0308. The van der Waals surface area contributed by atoms with Crippen molar-refractivity contribution in [3.05, 3.63) is 63.6 Å². The first-order valence-corrected chi connectivity index (χ1v) is 9.08. The van der Waals surface area contributed by atoms with Crippen molar-refractivity contribution in [2.75, 3.05) is 0 Å². The molecule has 1 aromatic heterocycles. The Balaban J connectivity index is 1.34. The average Bonchev–Trinajstić information content (AvgIpc) is 3.00. The zero-order valence-electron chi connectivity index (χ0n) is 14.2. The van der Waals surface area contributed by atoms with E-state index in [1.807, 2.05) is 6.92 Å². The summed E-state index contributed by atoms with van der Waals surface area (Å²) in [7, 11) is 0. The molecule has 2 aliphatic rings. The van der Waals surface area contributed by atoms with Gasteiger partial charge in [-0.05, 0) is 62.6 Å². The van der Waals surface area contributed by atoms with Gasteiger partial charge in [0.1, 0.15) is 0 Å². The fraction of sp³-hybridized carbons (Fsp3) is 0.500. The quantitative estimate of drug-likeness (QED) is 0.945. The number of aromatic nitrogens is 2. The van der Waals surface area contributed by atoms with Crippen LogP contribution in [0.25, 0.3) is 0 Å². The third-order valence-corrected chi connectivity index (χ3v) is 5.52. The Morgan fingerprint density at radius 2 is 1.62 bits per heavy atom. The third kappa shape index (κ3) is 3.16. The van der Waals surface area contributed by atoms with E-state index < -0.39 is 0 Å². The Kier molecular flexibility index (Phi) is 4.23. The van der Waals surface area contributed by atoms with Gasteiger partial charge in [0.15, 0.2) is 0 Å². The number of aryl methyl sites for hydroxylation is 1. The molecule has 2 aromatic rings.